The van der Waals surface area contributed by atoms with Crippen molar-refractivity contribution in [1.82, 2.24) is 0 Å². The van der Waals surface area contributed by atoms with Gasteiger partial charge in [-0.1, -0.05) is 0 Å². The highest BCUT2D eigenvalue weighted by Gasteiger charge is 2.03. The van der Waals surface area contributed by atoms with Crippen LogP contribution >= 0.6 is 0 Å². The summed E-state index contributed by atoms with van der Waals surface area (Å²) in [7, 11) is 0. The summed E-state index contributed by atoms with van der Waals surface area (Å²) >= 11 is 0. The first-order valence-corrected chi connectivity index (χ1v) is 4.84. The third-order valence-electron chi connectivity index (χ3n) is 2.18. The van der Waals surface area contributed by atoms with Crippen LogP contribution in [0.25, 0.3) is 11.3 Å². The Morgan fingerprint density at radius 1 is 1.07 bits per heavy atom. The van der Waals surface area contributed by atoms with Crippen LogP contribution in [0.15, 0.2) is 40.8 Å². The molecule has 15 heavy (non-hydrogen) atoms. The Labute approximate surface area is 87.5 Å². The fourth-order valence-corrected chi connectivity index (χ4v) is 1.42. The van der Waals surface area contributed by atoms with Gasteiger partial charge in [0, 0.05) is 12.0 Å². The molecular formula is C12H12FNO. The number of nitrogens with two attached hydrogens (primary N) is 1. The average Bonchev–Trinajstić information content (AvgIpc) is 2.68. The molecule has 0 saturated carbocycles. The molecule has 0 aliphatic carbocycles. The summed E-state index contributed by atoms with van der Waals surface area (Å²) < 4.78 is 18.2. The molecule has 0 saturated heterocycles. The van der Waals surface area contributed by atoms with Crippen LogP contribution in [0.4, 0.5) is 4.39 Å². The molecule has 0 aliphatic rings. The van der Waals surface area contributed by atoms with Crippen molar-refractivity contribution in [3.63, 3.8) is 0 Å². The smallest absolute Gasteiger partial charge is 0.134 e. The molecule has 3 heteroatoms. The molecule has 1 aromatic heterocycles. The van der Waals surface area contributed by atoms with Crippen molar-refractivity contribution in [3.05, 3.63) is 48.0 Å². The van der Waals surface area contributed by atoms with Gasteiger partial charge in [0.1, 0.15) is 17.3 Å². The first kappa shape index (κ1) is 9.93. The lowest BCUT2D eigenvalue weighted by atomic mass is 10.2. The molecule has 0 spiro atoms. The fourth-order valence-electron chi connectivity index (χ4n) is 1.42. The van der Waals surface area contributed by atoms with Gasteiger partial charge in [0.05, 0.1) is 0 Å². The summed E-state index contributed by atoms with van der Waals surface area (Å²) in [6.07, 6.45) is 0.723. The fraction of sp³-hybridized carbons (Fsp3) is 0.167. The van der Waals surface area contributed by atoms with E-state index in [-0.39, 0.29) is 5.82 Å². The Morgan fingerprint density at radius 2 is 1.80 bits per heavy atom. The molecule has 2 aromatic rings. The minimum Gasteiger partial charge on any atom is -0.461 e. The molecule has 0 atom stereocenters. The lowest BCUT2D eigenvalue weighted by Crippen LogP contribution is -2.01. The van der Waals surface area contributed by atoms with Crippen LogP contribution in [0.3, 0.4) is 0 Å². The number of hydrogen-bond acceptors (Lipinski definition) is 2. The van der Waals surface area contributed by atoms with E-state index in [2.05, 4.69) is 0 Å². The van der Waals surface area contributed by atoms with E-state index >= 15 is 0 Å². The van der Waals surface area contributed by atoms with Gasteiger partial charge < -0.3 is 10.2 Å². The Balaban J connectivity index is 2.25. The molecule has 1 heterocycles. The summed E-state index contributed by atoms with van der Waals surface area (Å²) in [6, 6.07) is 9.99. The third-order valence-corrected chi connectivity index (χ3v) is 2.18. The Morgan fingerprint density at radius 3 is 2.47 bits per heavy atom. The molecule has 0 aliphatic heterocycles. The second kappa shape index (κ2) is 4.28. The molecule has 2 nitrogen and oxygen atoms in total. The van der Waals surface area contributed by atoms with Crippen LogP contribution in [-0.4, -0.2) is 6.54 Å². The molecule has 0 fully saturated rings. The molecule has 1 aromatic carbocycles. The van der Waals surface area contributed by atoms with Crippen LogP contribution in [-0.2, 0) is 6.42 Å². The van der Waals surface area contributed by atoms with E-state index in [9.17, 15) is 4.39 Å². The monoisotopic (exact) mass is 205 g/mol. The van der Waals surface area contributed by atoms with E-state index in [0.29, 0.717) is 6.54 Å². The zero-order valence-corrected chi connectivity index (χ0v) is 8.24. The van der Waals surface area contributed by atoms with Crippen LogP contribution in [0.1, 0.15) is 5.76 Å². The zero-order chi connectivity index (χ0) is 10.7. The predicted octanol–water partition coefficient (Wildman–Crippen LogP) is 2.59. The van der Waals surface area contributed by atoms with E-state index in [1.54, 1.807) is 12.1 Å². The van der Waals surface area contributed by atoms with E-state index in [1.807, 2.05) is 12.1 Å². The van der Waals surface area contributed by atoms with Gasteiger partial charge in [0.25, 0.3) is 0 Å². The van der Waals surface area contributed by atoms with Crippen LogP contribution in [0.2, 0.25) is 0 Å². The summed E-state index contributed by atoms with van der Waals surface area (Å²) in [6.45, 7) is 0.566. The minimum absolute atomic E-state index is 0.243. The zero-order valence-electron chi connectivity index (χ0n) is 8.24. The van der Waals surface area contributed by atoms with Crippen molar-refractivity contribution < 1.29 is 8.81 Å². The SMILES string of the molecule is NCCc1ccc(-c2ccc(F)cc2)o1. The van der Waals surface area contributed by atoms with Crippen LogP contribution < -0.4 is 5.73 Å². The Kier molecular flexibility index (Phi) is 2.83. The topological polar surface area (TPSA) is 39.2 Å². The Hall–Kier alpha value is -1.61. The standard InChI is InChI=1S/C12H12FNO/c13-10-3-1-9(2-4-10)12-6-5-11(15-12)7-8-14/h1-6H,7-8,14H2. The molecule has 78 valence electrons. The lowest BCUT2D eigenvalue weighted by Gasteiger charge is -1.96. The molecule has 0 unspecified atom stereocenters. The Bertz CT molecular complexity index is 433. The first-order valence-electron chi connectivity index (χ1n) is 4.84. The van der Waals surface area contributed by atoms with Gasteiger partial charge in [0.2, 0.25) is 0 Å². The highest BCUT2D eigenvalue weighted by atomic mass is 19.1. The maximum Gasteiger partial charge on any atom is 0.134 e. The summed E-state index contributed by atoms with van der Waals surface area (Å²) in [5.41, 5.74) is 6.29. The van der Waals surface area contributed by atoms with Gasteiger partial charge in [-0.15, -0.1) is 0 Å². The third kappa shape index (κ3) is 2.25. The number of halogens is 1. The van der Waals surface area contributed by atoms with Crippen molar-refractivity contribution in [2.75, 3.05) is 6.54 Å². The van der Waals surface area contributed by atoms with Crippen molar-refractivity contribution in [3.8, 4) is 11.3 Å². The van der Waals surface area contributed by atoms with E-state index in [0.717, 1.165) is 23.5 Å². The number of benzene rings is 1. The molecule has 0 radical (unpaired) electrons. The maximum absolute atomic E-state index is 12.7. The van der Waals surface area contributed by atoms with Gasteiger partial charge in [0.15, 0.2) is 0 Å². The largest absolute Gasteiger partial charge is 0.461 e. The van der Waals surface area contributed by atoms with Crippen molar-refractivity contribution >= 4 is 0 Å². The van der Waals surface area contributed by atoms with Gasteiger partial charge in [-0.05, 0) is 42.9 Å². The highest BCUT2D eigenvalue weighted by molar-refractivity contribution is 5.57. The summed E-state index contributed by atoms with van der Waals surface area (Å²) in [5, 5.41) is 0. The molecule has 2 rings (SSSR count). The van der Waals surface area contributed by atoms with E-state index in [1.165, 1.54) is 12.1 Å². The molecule has 0 amide bonds. The van der Waals surface area contributed by atoms with Crippen LogP contribution in [0, 0.1) is 5.82 Å². The average molecular weight is 205 g/mol. The molecule has 2 N–H and O–H groups in total. The van der Waals surface area contributed by atoms with Crippen LogP contribution in [0.5, 0.6) is 0 Å². The van der Waals surface area contributed by atoms with Gasteiger partial charge in [-0.25, -0.2) is 4.39 Å². The molecular weight excluding hydrogens is 193 g/mol. The second-order valence-corrected chi connectivity index (χ2v) is 3.31. The number of furan rings is 1. The van der Waals surface area contributed by atoms with Gasteiger partial charge >= 0.3 is 0 Å². The minimum atomic E-state index is -0.243. The highest BCUT2D eigenvalue weighted by Crippen LogP contribution is 2.22. The normalized spacial score (nSPS) is 10.5. The summed E-state index contributed by atoms with van der Waals surface area (Å²) in [5.74, 6) is 1.36. The van der Waals surface area contributed by atoms with Crippen molar-refractivity contribution in [2.45, 2.75) is 6.42 Å². The van der Waals surface area contributed by atoms with Crippen molar-refractivity contribution in [2.24, 2.45) is 5.73 Å². The van der Waals surface area contributed by atoms with E-state index < -0.39 is 0 Å². The summed E-state index contributed by atoms with van der Waals surface area (Å²) in [4.78, 5) is 0. The predicted molar refractivity (Wildman–Crippen MR) is 56.9 cm³/mol. The molecule has 0 bridgehead atoms. The van der Waals surface area contributed by atoms with Gasteiger partial charge in [-0.2, -0.15) is 0 Å². The van der Waals surface area contributed by atoms with Crippen molar-refractivity contribution in [1.29, 1.82) is 0 Å². The quantitative estimate of drug-likeness (QED) is 0.836. The second-order valence-electron chi connectivity index (χ2n) is 3.31. The maximum atomic E-state index is 12.7. The lowest BCUT2D eigenvalue weighted by molar-refractivity contribution is 0.523. The first-order chi connectivity index (χ1) is 7.29. The van der Waals surface area contributed by atoms with Gasteiger partial charge in [-0.3, -0.25) is 0 Å². The van der Waals surface area contributed by atoms with E-state index in [4.69, 9.17) is 10.2 Å². The number of rotatable bonds is 3. The number of hydrogen-bond donors (Lipinski definition) is 1.